The third-order valence-electron chi connectivity index (χ3n) is 4.19. The van der Waals surface area contributed by atoms with E-state index >= 15 is 0 Å². The fraction of sp³-hybridized carbons (Fsp3) is 0.294. The average Bonchev–Trinajstić information content (AvgIpc) is 2.62. The molecule has 0 saturated carbocycles. The largest absolute Gasteiger partial charge is 0.342 e. The molecule has 6 heteroatoms. The Hall–Kier alpha value is -2.76. The minimum atomic E-state index is -0.163. The number of nitrogens with zero attached hydrogens (tertiary/aromatic N) is 4. The van der Waals surface area contributed by atoms with E-state index in [1.165, 1.54) is 6.42 Å². The molecule has 0 amide bonds. The zero-order valence-electron chi connectivity index (χ0n) is 12.7. The fourth-order valence-electron chi connectivity index (χ4n) is 3.04. The Bertz CT molecular complexity index is 884. The van der Waals surface area contributed by atoms with E-state index in [1.54, 1.807) is 12.4 Å². The quantitative estimate of drug-likeness (QED) is 0.786. The molecular formula is C17H17N5O. The Balaban J connectivity index is 1.87. The first-order chi connectivity index (χ1) is 11.3. The van der Waals surface area contributed by atoms with Crippen molar-refractivity contribution in [2.75, 3.05) is 18.0 Å². The molecule has 0 aliphatic carbocycles. The third kappa shape index (κ3) is 2.56. The summed E-state index contributed by atoms with van der Waals surface area (Å²) in [5.74, 6) is 0.618. The van der Waals surface area contributed by atoms with Crippen LogP contribution in [0.15, 0.2) is 41.5 Å². The Morgan fingerprint density at radius 2 is 1.87 bits per heavy atom. The van der Waals surface area contributed by atoms with Gasteiger partial charge in [0.25, 0.3) is 5.56 Å². The predicted octanol–water partition coefficient (Wildman–Crippen LogP) is 2.37. The van der Waals surface area contributed by atoms with Crippen LogP contribution in [0.1, 0.15) is 19.3 Å². The smallest absolute Gasteiger partial charge is 0.262 e. The van der Waals surface area contributed by atoms with Gasteiger partial charge in [0.2, 0.25) is 5.95 Å². The van der Waals surface area contributed by atoms with Crippen LogP contribution in [0.5, 0.6) is 0 Å². The van der Waals surface area contributed by atoms with Crippen LogP contribution in [0.3, 0.4) is 0 Å². The van der Waals surface area contributed by atoms with Crippen molar-refractivity contribution in [1.29, 1.82) is 0 Å². The summed E-state index contributed by atoms with van der Waals surface area (Å²) >= 11 is 0. The zero-order valence-corrected chi connectivity index (χ0v) is 12.7. The van der Waals surface area contributed by atoms with E-state index in [9.17, 15) is 4.79 Å². The number of hydrogen-bond donors (Lipinski definition) is 1. The number of anilines is 1. The number of hydrogen-bond acceptors (Lipinski definition) is 5. The Kier molecular flexibility index (Phi) is 3.49. The predicted molar refractivity (Wildman–Crippen MR) is 89.5 cm³/mol. The fourth-order valence-corrected chi connectivity index (χ4v) is 3.04. The molecular weight excluding hydrogens is 290 g/mol. The second-order valence-corrected chi connectivity index (χ2v) is 5.71. The van der Waals surface area contributed by atoms with Crippen LogP contribution in [0, 0.1) is 0 Å². The summed E-state index contributed by atoms with van der Waals surface area (Å²) in [6, 6.07) is 7.44. The summed E-state index contributed by atoms with van der Waals surface area (Å²) in [5.41, 5.74) is 1.81. The number of aromatic amines is 1. The minimum Gasteiger partial charge on any atom is -0.342 e. The highest BCUT2D eigenvalue weighted by Gasteiger charge is 2.17. The lowest BCUT2D eigenvalue weighted by Gasteiger charge is -2.27. The van der Waals surface area contributed by atoms with Gasteiger partial charge < -0.3 is 4.90 Å². The van der Waals surface area contributed by atoms with Gasteiger partial charge >= 0.3 is 0 Å². The molecule has 0 atom stereocenters. The number of rotatable bonds is 2. The number of fused-ring (bicyclic) bond motifs is 1. The molecule has 4 heterocycles. The monoisotopic (exact) mass is 307 g/mol. The lowest BCUT2D eigenvalue weighted by atomic mass is 10.1. The Morgan fingerprint density at radius 1 is 1.00 bits per heavy atom. The van der Waals surface area contributed by atoms with E-state index < -0.39 is 0 Å². The summed E-state index contributed by atoms with van der Waals surface area (Å²) in [5, 5.41) is 0.493. The maximum Gasteiger partial charge on any atom is 0.262 e. The standard InChI is InChI=1S/C17H17N5O/c23-16-14-12(13-6-2-3-8-18-13)7-9-19-15(14)20-17(21-16)22-10-4-1-5-11-22/h2-3,6-9H,1,4-5,10-11H2,(H,19,20,21,23). The third-order valence-corrected chi connectivity index (χ3v) is 4.19. The van der Waals surface area contributed by atoms with Crippen molar-refractivity contribution >= 4 is 17.0 Å². The van der Waals surface area contributed by atoms with Crippen molar-refractivity contribution < 1.29 is 0 Å². The lowest BCUT2D eigenvalue weighted by molar-refractivity contribution is 0.568. The molecule has 1 N–H and O–H groups in total. The van der Waals surface area contributed by atoms with Crippen molar-refractivity contribution in [2.45, 2.75) is 19.3 Å². The van der Waals surface area contributed by atoms with Gasteiger partial charge in [0.1, 0.15) is 0 Å². The topological polar surface area (TPSA) is 74.8 Å². The molecule has 1 fully saturated rings. The van der Waals surface area contributed by atoms with E-state index in [2.05, 4.69) is 24.8 Å². The first-order valence-corrected chi connectivity index (χ1v) is 7.88. The van der Waals surface area contributed by atoms with E-state index in [0.29, 0.717) is 17.0 Å². The summed E-state index contributed by atoms with van der Waals surface area (Å²) < 4.78 is 0. The Labute approximate surface area is 133 Å². The SMILES string of the molecule is O=c1[nH]c(N2CCCCC2)nc2nccc(-c3ccccn3)c12. The van der Waals surface area contributed by atoms with E-state index in [4.69, 9.17) is 0 Å². The highest BCUT2D eigenvalue weighted by atomic mass is 16.1. The molecule has 1 saturated heterocycles. The van der Waals surface area contributed by atoms with Crippen LogP contribution in [0.25, 0.3) is 22.3 Å². The van der Waals surface area contributed by atoms with Crippen LogP contribution in [0.2, 0.25) is 0 Å². The first-order valence-electron chi connectivity index (χ1n) is 7.88. The van der Waals surface area contributed by atoms with Crippen molar-refractivity contribution in [3.05, 3.63) is 47.0 Å². The summed E-state index contributed by atoms with van der Waals surface area (Å²) in [4.78, 5) is 30.9. The molecule has 0 radical (unpaired) electrons. The Morgan fingerprint density at radius 3 is 2.65 bits per heavy atom. The molecule has 6 nitrogen and oxygen atoms in total. The van der Waals surface area contributed by atoms with Crippen molar-refractivity contribution in [2.24, 2.45) is 0 Å². The molecule has 1 aliphatic rings. The van der Waals surface area contributed by atoms with Gasteiger partial charge in [-0.15, -0.1) is 0 Å². The summed E-state index contributed by atoms with van der Waals surface area (Å²) in [7, 11) is 0. The van der Waals surface area contributed by atoms with Gasteiger partial charge in [0.05, 0.1) is 11.1 Å². The van der Waals surface area contributed by atoms with Gasteiger partial charge in [0, 0.05) is 31.0 Å². The number of piperidine rings is 1. The first kappa shape index (κ1) is 13.9. The van der Waals surface area contributed by atoms with Crippen LogP contribution in [0.4, 0.5) is 5.95 Å². The second-order valence-electron chi connectivity index (χ2n) is 5.71. The number of pyridine rings is 2. The zero-order chi connectivity index (χ0) is 15.6. The van der Waals surface area contributed by atoms with Crippen LogP contribution in [-0.2, 0) is 0 Å². The molecule has 4 rings (SSSR count). The van der Waals surface area contributed by atoms with Crippen molar-refractivity contribution in [3.8, 4) is 11.3 Å². The highest BCUT2D eigenvalue weighted by molar-refractivity contribution is 5.90. The van der Waals surface area contributed by atoms with E-state index in [0.717, 1.165) is 37.2 Å². The second kappa shape index (κ2) is 5.79. The highest BCUT2D eigenvalue weighted by Crippen LogP contribution is 2.23. The van der Waals surface area contributed by atoms with E-state index in [1.807, 2.05) is 24.3 Å². The molecule has 0 spiro atoms. The number of H-pyrrole nitrogens is 1. The van der Waals surface area contributed by atoms with Gasteiger partial charge in [-0.1, -0.05) is 6.07 Å². The molecule has 0 aromatic carbocycles. The van der Waals surface area contributed by atoms with Gasteiger partial charge in [-0.3, -0.25) is 14.8 Å². The maximum absolute atomic E-state index is 12.6. The number of aromatic nitrogens is 4. The van der Waals surface area contributed by atoms with Crippen molar-refractivity contribution in [1.82, 2.24) is 19.9 Å². The maximum atomic E-state index is 12.6. The van der Waals surface area contributed by atoms with Crippen LogP contribution < -0.4 is 10.5 Å². The molecule has 116 valence electrons. The molecule has 3 aromatic rings. The van der Waals surface area contributed by atoms with Gasteiger partial charge in [-0.2, -0.15) is 4.98 Å². The summed E-state index contributed by atoms with van der Waals surface area (Å²) in [6.45, 7) is 1.85. The summed E-state index contributed by atoms with van der Waals surface area (Å²) in [6.07, 6.45) is 6.88. The average molecular weight is 307 g/mol. The molecule has 3 aromatic heterocycles. The van der Waals surface area contributed by atoms with Gasteiger partial charge in [-0.05, 0) is 37.5 Å². The van der Waals surface area contributed by atoms with Crippen molar-refractivity contribution in [3.63, 3.8) is 0 Å². The molecule has 0 bridgehead atoms. The van der Waals surface area contributed by atoms with Crippen LogP contribution in [-0.4, -0.2) is 33.0 Å². The minimum absolute atomic E-state index is 0.163. The number of nitrogens with one attached hydrogen (secondary N) is 1. The van der Waals surface area contributed by atoms with Crippen LogP contribution >= 0.6 is 0 Å². The van der Waals surface area contributed by atoms with Gasteiger partial charge in [0.15, 0.2) is 5.65 Å². The lowest BCUT2D eigenvalue weighted by Crippen LogP contribution is -2.32. The molecule has 0 unspecified atom stereocenters. The molecule has 1 aliphatic heterocycles. The van der Waals surface area contributed by atoms with E-state index in [-0.39, 0.29) is 5.56 Å². The van der Waals surface area contributed by atoms with Gasteiger partial charge in [-0.25, -0.2) is 4.98 Å². The normalized spacial score (nSPS) is 15.0. The molecule has 23 heavy (non-hydrogen) atoms.